The van der Waals surface area contributed by atoms with Crippen molar-refractivity contribution < 1.29 is 14.6 Å². The minimum Gasteiger partial charge on any atom is -0.394 e. The molecule has 1 atom stereocenters. The van der Waals surface area contributed by atoms with Crippen LogP contribution >= 0.6 is 0 Å². The van der Waals surface area contributed by atoms with E-state index in [9.17, 15) is 0 Å². The number of anilines is 2. The molecule has 0 aliphatic carbocycles. The Balaban J connectivity index is 2.82. The number of methoxy groups -OCH3 is 2. The van der Waals surface area contributed by atoms with Crippen molar-refractivity contribution in [3.05, 3.63) is 11.9 Å². The number of nitrogens with one attached hydrogen (secondary N) is 2. The van der Waals surface area contributed by atoms with E-state index < -0.39 is 0 Å². The lowest BCUT2D eigenvalue weighted by molar-refractivity contribution is 0.153. The van der Waals surface area contributed by atoms with E-state index in [2.05, 4.69) is 20.7 Å². The zero-order valence-electron chi connectivity index (χ0n) is 10.5. The average molecular weight is 257 g/mol. The van der Waals surface area contributed by atoms with Crippen LogP contribution in [0.15, 0.2) is 6.07 Å². The summed E-state index contributed by atoms with van der Waals surface area (Å²) in [6.07, 6.45) is 0. The number of hydrogen-bond donors (Lipinski definition) is 4. The molecular formula is C10H19N5O3. The van der Waals surface area contributed by atoms with Gasteiger partial charge in [-0.3, -0.25) is 0 Å². The van der Waals surface area contributed by atoms with E-state index in [1.165, 1.54) is 0 Å². The van der Waals surface area contributed by atoms with E-state index in [0.29, 0.717) is 24.1 Å². The molecule has 1 aromatic rings. The first-order valence-corrected chi connectivity index (χ1v) is 5.43. The Morgan fingerprint density at radius 2 is 2.06 bits per heavy atom. The number of aromatic nitrogens is 2. The first-order valence-electron chi connectivity index (χ1n) is 5.43. The number of nitrogens with two attached hydrogens (primary N) is 1. The fourth-order valence-electron chi connectivity index (χ4n) is 1.39. The van der Waals surface area contributed by atoms with Gasteiger partial charge in [0.25, 0.3) is 0 Å². The molecule has 1 aromatic heterocycles. The molecule has 0 radical (unpaired) electrons. The molecule has 0 spiro atoms. The molecule has 102 valence electrons. The molecule has 0 fully saturated rings. The van der Waals surface area contributed by atoms with Crippen LogP contribution in [0.4, 0.5) is 11.6 Å². The van der Waals surface area contributed by atoms with Gasteiger partial charge in [-0.1, -0.05) is 0 Å². The molecule has 5 N–H and O–H groups in total. The van der Waals surface area contributed by atoms with Crippen molar-refractivity contribution in [2.45, 2.75) is 12.6 Å². The standard InChI is InChI=1S/C10H19N5O3/c1-17-5-7(4-16)12-8-3-9(15-11)14-10(13-8)6-18-2/h3,7,16H,4-6,11H2,1-2H3,(H2,12,13,14,15). The van der Waals surface area contributed by atoms with Gasteiger partial charge in [0.15, 0.2) is 5.82 Å². The van der Waals surface area contributed by atoms with Crippen molar-refractivity contribution in [2.75, 3.05) is 38.2 Å². The summed E-state index contributed by atoms with van der Waals surface area (Å²) in [5.74, 6) is 6.82. The third kappa shape index (κ3) is 4.41. The summed E-state index contributed by atoms with van der Waals surface area (Å²) in [4.78, 5) is 8.35. The number of hydrazine groups is 1. The number of ether oxygens (including phenoxy) is 2. The van der Waals surface area contributed by atoms with Crippen LogP contribution in [0.1, 0.15) is 5.82 Å². The molecule has 8 nitrogen and oxygen atoms in total. The molecule has 8 heteroatoms. The lowest BCUT2D eigenvalue weighted by Crippen LogP contribution is -2.29. The summed E-state index contributed by atoms with van der Waals surface area (Å²) >= 11 is 0. The maximum Gasteiger partial charge on any atom is 0.158 e. The number of aliphatic hydroxyl groups is 1. The molecule has 0 aliphatic heterocycles. The highest BCUT2D eigenvalue weighted by molar-refractivity contribution is 5.47. The number of nitrogens with zero attached hydrogens (tertiary/aromatic N) is 2. The van der Waals surface area contributed by atoms with Gasteiger partial charge in [-0.2, -0.15) is 0 Å². The largest absolute Gasteiger partial charge is 0.394 e. The summed E-state index contributed by atoms with van der Waals surface area (Å²) in [5, 5.41) is 12.2. The van der Waals surface area contributed by atoms with Gasteiger partial charge < -0.3 is 25.3 Å². The van der Waals surface area contributed by atoms with Crippen molar-refractivity contribution in [2.24, 2.45) is 5.84 Å². The average Bonchev–Trinajstić information content (AvgIpc) is 2.38. The van der Waals surface area contributed by atoms with Crippen LogP contribution in [0.2, 0.25) is 0 Å². The van der Waals surface area contributed by atoms with Crippen LogP contribution in [0, 0.1) is 0 Å². The molecule has 0 aromatic carbocycles. The minimum absolute atomic E-state index is 0.0666. The highest BCUT2D eigenvalue weighted by atomic mass is 16.5. The number of rotatable bonds is 8. The van der Waals surface area contributed by atoms with Crippen molar-refractivity contribution in [1.29, 1.82) is 0 Å². The summed E-state index contributed by atoms with van der Waals surface area (Å²) in [6.45, 7) is 0.576. The molecule has 0 saturated carbocycles. The van der Waals surface area contributed by atoms with Crippen molar-refractivity contribution >= 4 is 11.6 Å². The van der Waals surface area contributed by atoms with Gasteiger partial charge in [0, 0.05) is 20.3 Å². The molecule has 1 unspecified atom stereocenters. The predicted molar refractivity (Wildman–Crippen MR) is 66.9 cm³/mol. The van der Waals surface area contributed by atoms with Crippen LogP contribution in [0.25, 0.3) is 0 Å². The van der Waals surface area contributed by atoms with E-state index in [0.717, 1.165) is 0 Å². The van der Waals surface area contributed by atoms with Crippen molar-refractivity contribution in [1.82, 2.24) is 9.97 Å². The molecule has 1 rings (SSSR count). The molecule has 0 bridgehead atoms. The first-order chi connectivity index (χ1) is 8.73. The quantitative estimate of drug-likeness (QED) is 0.358. The van der Waals surface area contributed by atoms with E-state index in [1.54, 1.807) is 20.3 Å². The molecular weight excluding hydrogens is 238 g/mol. The minimum atomic E-state index is -0.245. The van der Waals surface area contributed by atoms with Gasteiger partial charge in [-0.05, 0) is 0 Å². The highest BCUT2D eigenvalue weighted by Gasteiger charge is 2.10. The SMILES string of the molecule is COCc1nc(NN)cc(NC(CO)COC)n1. The summed E-state index contributed by atoms with van der Waals surface area (Å²) in [7, 11) is 3.12. The van der Waals surface area contributed by atoms with E-state index in [4.69, 9.17) is 20.4 Å². The second kappa shape index (κ2) is 7.77. The highest BCUT2D eigenvalue weighted by Crippen LogP contribution is 2.12. The topological polar surface area (TPSA) is 115 Å². The normalized spacial score (nSPS) is 12.2. The van der Waals surface area contributed by atoms with Crippen molar-refractivity contribution in [3.63, 3.8) is 0 Å². The Bertz CT molecular complexity index is 363. The van der Waals surface area contributed by atoms with Crippen LogP contribution in [0.3, 0.4) is 0 Å². The van der Waals surface area contributed by atoms with E-state index >= 15 is 0 Å². The molecule has 0 amide bonds. The van der Waals surface area contributed by atoms with Gasteiger partial charge in [-0.15, -0.1) is 0 Å². The Morgan fingerprint density at radius 3 is 2.61 bits per heavy atom. The monoisotopic (exact) mass is 257 g/mol. The van der Waals surface area contributed by atoms with Gasteiger partial charge in [0.05, 0.1) is 19.3 Å². The fraction of sp³-hybridized carbons (Fsp3) is 0.600. The maximum absolute atomic E-state index is 9.17. The first kappa shape index (κ1) is 14.6. The summed E-state index contributed by atoms with van der Waals surface area (Å²) in [5.41, 5.74) is 2.45. The predicted octanol–water partition coefficient (Wildman–Crippen LogP) is -0.672. The Labute approximate surface area is 105 Å². The smallest absolute Gasteiger partial charge is 0.158 e. The number of hydrogen-bond acceptors (Lipinski definition) is 8. The summed E-state index contributed by atoms with van der Waals surface area (Å²) < 4.78 is 9.94. The van der Waals surface area contributed by atoms with Crippen LogP contribution in [-0.2, 0) is 16.1 Å². The van der Waals surface area contributed by atoms with Crippen LogP contribution < -0.4 is 16.6 Å². The van der Waals surface area contributed by atoms with E-state index in [1.807, 2.05) is 0 Å². The van der Waals surface area contributed by atoms with Gasteiger partial charge >= 0.3 is 0 Å². The molecule has 18 heavy (non-hydrogen) atoms. The van der Waals surface area contributed by atoms with Gasteiger partial charge in [-0.25, -0.2) is 15.8 Å². The number of aliphatic hydroxyl groups excluding tert-OH is 1. The van der Waals surface area contributed by atoms with Gasteiger partial charge in [0.1, 0.15) is 18.2 Å². The summed E-state index contributed by atoms with van der Waals surface area (Å²) in [6, 6.07) is 1.39. The van der Waals surface area contributed by atoms with Gasteiger partial charge in [0.2, 0.25) is 0 Å². The third-order valence-electron chi connectivity index (χ3n) is 2.13. The Kier molecular flexibility index (Phi) is 6.29. The Hall–Kier alpha value is -1.48. The molecule has 0 saturated heterocycles. The lowest BCUT2D eigenvalue weighted by atomic mass is 10.3. The zero-order chi connectivity index (χ0) is 13.4. The second-order valence-electron chi connectivity index (χ2n) is 3.61. The Morgan fingerprint density at radius 1 is 1.33 bits per heavy atom. The van der Waals surface area contributed by atoms with Crippen LogP contribution in [-0.4, -0.2) is 48.5 Å². The second-order valence-corrected chi connectivity index (χ2v) is 3.61. The maximum atomic E-state index is 9.17. The third-order valence-corrected chi connectivity index (χ3v) is 2.13. The van der Waals surface area contributed by atoms with Crippen molar-refractivity contribution in [3.8, 4) is 0 Å². The molecule has 0 aliphatic rings. The fourth-order valence-corrected chi connectivity index (χ4v) is 1.39. The van der Waals surface area contributed by atoms with Crippen LogP contribution in [0.5, 0.6) is 0 Å². The molecule has 1 heterocycles. The van der Waals surface area contributed by atoms with E-state index in [-0.39, 0.29) is 19.3 Å². The lowest BCUT2D eigenvalue weighted by Gasteiger charge is -2.16. The zero-order valence-corrected chi connectivity index (χ0v) is 10.5. The number of nitrogen functional groups attached to an aromatic ring is 1.